The number of carbonyl (C=O) groups is 1. The summed E-state index contributed by atoms with van der Waals surface area (Å²) < 4.78 is 11.1. The van der Waals surface area contributed by atoms with Crippen LogP contribution in [0.2, 0.25) is 0 Å². The van der Waals surface area contributed by atoms with Crippen molar-refractivity contribution in [2.24, 2.45) is 0 Å². The molecule has 0 spiro atoms. The predicted octanol–water partition coefficient (Wildman–Crippen LogP) is 0.318. The number of nitrogens with zero attached hydrogens (tertiary/aromatic N) is 4. The van der Waals surface area contributed by atoms with Crippen LogP contribution >= 0.6 is 0 Å². The van der Waals surface area contributed by atoms with E-state index in [-0.39, 0.29) is 24.2 Å². The van der Waals surface area contributed by atoms with Gasteiger partial charge in [-0.25, -0.2) is 0 Å². The van der Waals surface area contributed by atoms with Crippen molar-refractivity contribution >= 4 is 11.8 Å². The van der Waals surface area contributed by atoms with Crippen LogP contribution in [-0.2, 0) is 14.3 Å². The van der Waals surface area contributed by atoms with Gasteiger partial charge in [-0.05, 0) is 19.1 Å². The maximum absolute atomic E-state index is 11.9. The number of likely N-dealkylation sites (N-methyl/N-ethyl adjacent to an activating group) is 1. The first-order valence-electron chi connectivity index (χ1n) is 7.68. The molecule has 22 heavy (non-hydrogen) atoms. The number of aromatic nitrogens is 2. The number of esters is 1. The molecular weight excluding hydrogens is 284 g/mol. The Morgan fingerprint density at radius 1 is 1.50 bits per heavy atom. The molecule has 2 aliphatic heterocycles. The third-order valence-corrected chi connectivity index (χ3v) is 4.18. The molecule has 2 fully saturated rings. The Morgan fingerprint density at radius 2 is 2.36 bits per heavy atom. The van der Waals surface area contributed by atoms with E-state index in [4.69, 9.17) is 9.47 Å². The Labute approximate surface area is 130 Å². The average molecular weight is 306 g/mol. The van der Waals surface area contributed by atoms with E-state index in [9.17, 15) is 4.79 Å². The van der Waals surface area contributed by atoms with E-state index in [1.807, 2.05) is 31.0 Å². The maximum Gasteiger partial charge on any atom is 0.323 e. The summed E-state index contributed by atoms with van der Waals surface area (Å²) in [6.45, 7) is 4.80. The van der Waals surface area contributed by atoms with Crippen molar-refractivity contribution in [1.82, 2.24) is 15.1 Å². The zero-order chi connectivity index (χ0) is 15.5. The normalized spacial score (nSPS) is 29.4. The number of rotatable bonds is 4. The van der Waals surface area contributed by atoms with Gasteiger partial charge >= 0.3 is 5.97 Å². The second-order valence-corrected chi connectivity index (χ2v) is 5.95. The molecule has 7 nitrogen and oxygen atoms in total. The summed E-state index contributed by atoms with van der Waals surface area (Å²) in [5.41, 5.74) is 0. The minimum absolute atomic E-state index is 0.0149. The van der Waals surface area contributed by atoms with E-state index in [0.717, 1.165) is 25.3 Å². The van der Waals surface area contributed by atoms with Gasteiger partial charge in [-0.3, -0.25) is 9.69 Å². The highest BCUT2D eigenvalue weighted by Gasteiger charge is 2.38. The molecule has 0 bridgehead atoms. The summed E-state index contributed by atoms with van der Waals surface area (Å²) in [6.07, 6.45) is 2.49. The first-order chi connectivity index (χ1) is 10.6. The fourth-order valence-corrected chi connectivity index (χ4v) is 3.07. The molecule has 3 rings (SSSR count). The summed E-state index contributed by atoms with van der Waals surface area (Å²) in [5, 5.41) is 7.99. The molecule has 0 amide bonds. The Hall–Kier alpha value is -1.73. The second kappa shape index (κ2) is 6.58. The molecule has 120 valence electrons. The van der Waals surface area contributed by atoms with E-state index in [1.54, 1.807) is 6.20 Å². The van der Waals surface area contributed by atoms with Gasteiger partial charge in [0.2, 0.25) is 0 Å². The van der Waals surface area contributed by atoms with E-state index >= 15 is 0 Å². The van der Waals surface area contributed by atoms with Crippen LogP contribution in [0.15, 0.2) is 18.3 Å². The molecule has 0 saturated carbocycles. The van der Waals surface area contributed by atoms with Gasteiger partial charge in [-0.2, -0.15) is 5.10 Å². The topological polar surface area (TPSA) is 67.8 Å². The largest absolute Gasteiger partial charge is 0.461 e. The minimum Gasteiger partial charge on any atom is -0.461 e. The van der Waals surface area contributed by atoms with E-state index < -0.39 is 0 Å². The van der Waals surface area contributed by atoms with Crippen LogP contribution < -0.4 is 4.90 Å². The van der Waals surface area contributed by atoms with Crippen LogP contribution in [0.4, 0.5) is 5.82 Å². The summed E-state index contributed by atoms with van der Waals surface area (Å²) in [5.74, 6) is 0.715. The number of anilines is 1. The van der Waals surface area contributed by atoms with Crippen LogP contribution in [0.5, 0.6) is 0 Å². The summed E-state index contributed by atoms with van der Waals surface area (Å²) in [6, 6.07) is 3.66. The summed E-state index contributed by atoms with van der Waals surface area (Å²) in [7, 11) is 1.97. The molecule has 1 aromatic heterocycles. The first kappa shape index (κ1) is 15.2. The van der Waals surface area contributed by atoms with E-state index in [2.05, 4.69) is 15.1 Å². The van der Waals surface area contributed by atoms with Crippen molar-refractivity contribution in [2.75, 3.05) is 38.2 Å². The standard InChI is InChI=1S/C15H22N4O3/c1-11-8-13(15(20)22-11)19-6-7-21-12(10-19)9-18(2)14-4-3-5-16-17-14/h3-5,11-13H,6-10H2,1-2H3/t11-,12+,13+/m1/s1. The zero-order valence-corrected chi connectivity index (χ0v) is 13.0. The lowest BCUT2D eigenvalue weighted by Gasteiger charge is -2.36. The molecule has 1 aromatic rings. The monoisotopic (exact) mass is 306 g/mol. The predicted molar refractivity (Wildman–Crippen MR) is 80.6 cm³/mol. The Bertz CT molecular complexity index is 513. The Kier molecular flexibility index (Phi) is 4.54. The molecule has 0 radical (unpaired) electrons. The van der Waals surface area contributed by atoms with Crippen LogP contribution in [0.1, 0.15) is 13.3 Å². The van der Waals surface area contributed by atoms with Gasteiger partial charge in [0, 0.05) is 39.3 Å². The van der Waals surface area contributed by atoms with Crippen molar-refractivity contribution in [3.63, 3.8) is 0 Å². The quantitative estimate of drug-likeness (QED) is 0.742. The third-order valence-electron chi connectivity index (χ3n) is 4.18. The second-order valence-electron chi connectivity index (χ2n) is 5.95. The van der Waals surface area contributed by atoms with Crippen LogP contribution in [-0.4, -0.2) is 72.6 Å². The lowest BCUT2D eigenvalue weighted by Crippen LogP contribution is -2.52. The van der Waals surface area contributed by atoms with Gasteiger partial charge in [0.15, 0.2) is 5.82 Å². The highest BCUT2D eigenvalue weighted by molar-refractivity contribution is 5.78. The zero-order valence-electron chi connectivity index (χ0n) is 13.0. The maximum atomic E-state index is 11.9. The number of carbonyl (C=O) groups excluding carboxylic acids is 1. The number of morpholine rings is 1. The van der Waals surface area contributed by atoms with Crippen LogP contribution in [0.25, 0.3) is 0 Å². The first-order valence-corrected chi connectivity index (χ1v) is 7.68. The molecule has 0 aromatic carbocycles. The van der Waals surface area contributed by atoms with Gasteiger partial charge in [-0.1, -0.05) is 0 Å². The van der Waals surface area contributed by atoms with E-state index in [0.29, 0.717) is 13.2 Å². The summed E-state index contributed by atoms with van der Waals surface area (Å²) in [4.78, 5) is 16.1. The fraction of sp³-hybridized carbons (Fsp3) is 0.667. The smallest absolute Gasteiger partial charge is 0.323 e. The van der Waals surface area contributed by atoms with Crippen LogP contribution in [0.3, 0.4) is 0 Å². The highest BCUT2D eigenvalue weighted by atomic mass is 16.6. The fourth-order valence-electron chi connectivity index (χ4n) is 3.07. The molecule has 0 N–H and O–H groups in total. The molecule has 2 saturated heterocycles. The van der Waals surface area contributed by atoms with Crippen molar-refractivity contribution in [3.05, 3.63) is 18.3 Å². The van der Waals surface area contributed by atoms with Crippen molar-refractivity contribution in [3.8, 4) is 0 Å². The number of hydrogen-bond acceptors (Lipinski definition) is 7. The van der Waals surface area contributed by atoms with Gasteiger partial charge < -0.3 is 14.4 Å². The molecule has 0 unspecified atom stereocenters. The van der Waals surface area contributed by atoms with Crippen molar-refractivity contribution < 1.29 is 14.3 Å². The van der Waals surface area contributed by atoms with Gasteiger partial charge in [0.1, 0.15) is 12.1 Å². The molecule has 7 heteroatoms. The molecule has 0 aliphatic carbocycles. The van der Waals surface area contributed by atoms with Gasteiger partial charge in [0.25, 0.3) is 0 Å². The lowest BCUT2D eigenvalue weighted by atomic mass is 10.1. The van der Waals surface area contributed by atoms with Crippen LogP contribution in [0, 0.1) is 0 Å². The highest BCUT2D eigenvalue weighted by Crippen LogP contribution is 2.22. The van der Waals surface area contributed by atoms with Crippen molar-refractivity contribution in [1.29, 1.82) is 0 Å². The Morgan fingerprint density at radius 3 is 3.05 bits per heavy atom. The summed E-state index contributed by atoms with van der Waals surface area (Å²) >= 11 is 0. The molecule has 2 aliphatic rings. The number of ether oxygens (including phenoxy) is 2. The molecular formula is C15H22N4O3. The number of cyclic esters (lactones) is 1. The lowest BCUT2D eigenvalue weighted by molar-refractivity contribution is -0.146. The number of hydrogen-bond donors (Lipinski definition) is 0. The average Bonchev–Trinajstić information content (AvgIpc) is 2.87. The van der Waals surface area contributed by atoms with E-state index in [1.165, 1.54) is 0 Å². The third kappa shape index (κ3) is 3.36. The molecule has 3 heterocycles. The van der Waals surface area contributed by atoms with Crippen molar-refractivity contribution in [2.45, 2.75) is 31.6 Å². The SMILES string of the molecule is C[C@@H]1C[C@H](N2CCO[C@@H](CN(C)c3cccnn3)C2)C(=O)O1. The van der Waals surface area contributed by atoms with Gasteiger partial charge in [0.05, 0.1) is 12.7 Å². The Balaban J connectivity index is 1.58. The van der Waals surface area contributed by atoms with Gasteiger partial charge in [-0.15, -0.1) is 5.10 Å². The molecule has 3 atom stereocenters. The minimum atomic E-state index is -0.122.